The fraction of sp³-hybridized carbons (Fsp3) is 0.286. The van der Waals surface area contributed by atoms with Gasteiger partial charge in [0.2, 0.25) is 5.91 Å². The van der Waals surface area contributed by atoms with Gasteiger partial charge in [-0.2, -0.15) is 13.5 Å². The number of nitrogens with one attached hydrogen (secondary N) is 1. The fourth-order valence-electron chi connectivity index (χ4n) is 2.89. The number of rotatable bonds is 5. The number of sulfonamides is 1. The molecular weight excluding hydrogens is 424 g/mol. The van der Waals surface area contributed by atoms with Crippen LogP contribution < -0.4 is 5.32 Å². The van der Waals surface area contributed by atoms with Crippen LogP contribution in [-0.2, 0) is 14.8 Å². The van der Waals surface area contributed by atoms with Crippen molar-refractivity contribution in [3.63, 3.8) is 0 Å². The Kier molecular flexibility index (Phi) is 6.28. The molecule has 158 valence electrons. The van der Waals surface area contributed by atoms with Gasteiger partial charge in [0, 0.05) is 28.1 Å². The summed E-state index contributed by atoms with van der Waals surface area (Å²) >= 11 is 6.19. The number of carbonyl (C=O) groups is 1. The zero-order chi connectivity index (χ0) is 21.9. The lowest BCUT2D eigenvalue weighted by atomic mass is 10.1. The van der Waals surface area contributed by atoms with Crippen LogP contribution in [0.4, 0.5) is 0 Å². The first-order chi connectivity index (χ1) is 14.1. The molecule has 1 aliphatic heterocycles. The molecule has 0 fully saturated rings. The minimum Gasteiger partial charge on any atom is -0.351 e. The molecule has 0 aliphatic carbocycles. The predicted molar refractivity (Wildman–Crippen MR) is 118 cm³/mol. The number of halogens is 1. The first kappa shape index (κ1) is 22.0. The molecule has 0 saturated heterocycles. The Bertz CT molecular complexity index is 1120. The van der Waals surface area contributed by atoms with E-state index in [0.29, 0.717) is 16.1 Å². The molecule has 0 spiro atoms. The van der Waals surface area contributed by atoms with Gasteiger partial charge in [-0.3, -0.25) is 4.79 Å². The van der Waals surface area contributed by atoms with E-state index < -0.39 is 10.0 Å². The second-order valence-corrected chi connectivity index (χ2v) is 9.80. The van der Waals surface area contributed by atoms with E-state index in [1.165, 1.54) is 17.3 Å². The summed E-state index contributed by atoms with van der Waals surface area (Å²) in [5.41, 5.74) is 0.743. The van der Waals surface area contributed by atoms with E-state index in [4.69, 9.17) is 11.6 Å². The van der Waals surface area contributed by atoms with Crippen LogP contribution in [0.2, 0.25) is 5.02 Å². The number of carbonyl (C=O) groups excluding carboxylic acids is 1. The van der Waals surface area contributed by atoms with Crippen molar-refractivity contribution in [3.8, 4) is 0 Å². The third-order valence-electron chi connectivity index (χ3n) is 4.16. The van der Waals surface area contributed by atoms with E-state index in [1.54, 1.807) is 36.4 Å². The Morgan fingerprint density at radius 1 is 1.17 bits per heavy atom. The first-order valence-electron chi connectivity index (χ1n) is 9.38. The highest BCUT2D eigenvalue weighted by molar-refractivity contribution is 7.90. The third-order valence-corrected chi connectivity index (χ3v) is 5.83. The Morgan fingerprint density at radius 3 is 2.53 bits per heavy atom. The van der Waals surface area contributed by atoms with Crippen LogP contribution >= 0.6 is 11.6 Å². The smallest absolute Gasteiger partial charge is 0.285 e. The van der Waals surface area contributed by atoms with Gasteiger partial charge in [0.05, 0.1) is 12.8 Å². The van der Waals surface area contributed by atoms with Gasteiger partial charge in [0.1, 0.15) is 4.90 Å². The molecule has 1 N–H and O–H groups in total. The lowest BCUT2D eigenvalue weighted by molar-refractivity contribution is -0.122. The van der Waals surface area contributed by atoms with Crippen molar-refractivity contribution in [1.29, 1.82) is 0 Å². The number of amides is 1. The van der Waals surface area contributed by atoms with Crippen LogP contribution in [0.3, 0.4) is 0 Å². The molecule has 2 aromatic rings. The van der Waals surface area contributed by atoms with Gasteiger partial charge >= 0.3 is 0 Å². The van der Waals surface area contributed by atoms with Crippen LogP contribution in [-0.4, -0.2) is 43.5 Å². The van der Waals surface area contributed by atoms with Crippen molar-refractivity contribution in [2.24, 2.45) is 9.50 Å². The Balaban J connectivity index is 1.92. The Morgan fingerprint density at radius 2 is 1.83 bits per heavy atom. The van der Waals surface area contributed by atoms with Gasteiger partial charge in [-0.15, -0.1) is 4.40 Å². The molecule has 7 nitrogen and oxygen atoms in total. The van der Waals surface area contributed by atoms with Crippen molar-refractivity contribution in [3.05, 3.63) is 64.7 Å². The first-order valence-corrected chi connectivity index (χ1v) is 11.2. The Labute approximate surface area is 181 Å². The molecule has 0 radical (unpaired) electrons. The molecule has 9 heteroatoms. The minimum absolute atomic E-state index is 0.109. The minimum atomic E-state index is -3.81. The molecule has 0 unspecified atom stereocenters. The summed E-state index contributed by atoms with van der Waals surface area (Å²) < 4.78 is 28.8. The number of benzene rings is 2. The third kappa shape index (κ3) is 5.25. The topological polar surface area (TPSA) is 91.2 Å². The maximum atomic E-state index is 12.5. The van der Waals surface area contributed by atoms with Gasteiger partial charge < -0.3 is 5.32 Å². The van der Waals surface area contributed by atoms with Crippen LogP contribution in [0.25, 0.3) is 0 Å². The average molecular weight is 447 g/mol. The molecule has 1 heterocycles. The summed E-state index contributed by atoms with van der Waals surface area (Å²) in [7, 11) is -3.81. The number of amidine groups is 1. The lowest BCUT2D eigenvalue weighted by Gasteiger charge is -2.22. The molecule has 1 aliphatic rings. The molecule has 30 heavy (non-hydrogen) atoms. The molecule has 1 amide bonds. The molecular formula is C21H23ClN4O3S. The summed E-state index contributed by atoms with van der Waals surface area (Å²) in [5, 5.41) is 9.24. The van der Waals surface area contributed by atoms with Crippen LogP contribution in [0.15, 0.2) is 62.9 Å². The monoisotopic (exact) mass is 446 g/mol. The standard InChI is InChI=1S/C21H23ClN4O3S/c1-21(2,3)24-19(27)12-13-26(23-14-15-8-4-6-10-17(15)22)20-16-9-5-7-11-18(16)30(28,29)25-20/h4-11,14H,12-13H2,1-3H3,(H,24,27). The highest BCUT2D eigenvalue weighted by Crippen LogP contribution is 2.27. The van der Waals surface area contributed by atoms with Crippen molar-refractivity contribution in [2.45, 2.75) is 37.6 Å². The summed E-state index contributed by atoms with van der Waals surface area (Å²) in [5.74, 6) is 0.00708. The van der Waals surface area contributed by atoms with Gasteiger partial charge in [-0.1, -0.05) is 41.9 Å². The van der Waals surface area contributed by atoms with Crippen LogP contribution in [0.5, 0.6) is 0 Å². The van der Waals surface area contributed by atoms with Crippen LogP contribution in [0, 0.1) is 0 Å². The molecule has 3 rings (SSSR count). The molecule has 0 aromatic heterocycles. The molecule has 0 saturated carbocycles. The van der Waals surface area contributed by atoms with E-state index in [-0.39, 0.29) is 35.1 Å². The zero-order valence-electron chi connectivity index (χ0n) is 17.0. The van der Waals surface area contributed by atoms with Crippen molar-refractivity contribution in [2.75, 3.05) is 6.54 Å². The number of nitrogens with zero attached hydrogens (tertiary/aromatic N) is 3. The van der Waals surface area contributed by atoms with E-state index in [0.717, 1.165) is 0 Å². The zero-order valence-corrected chi connectivity index (χ0v) is 18.5. The summed E-state index contributed by atoms with van der Waals surface area (Å²) in [6, 6.07) is 13.7. The summed E-state index contributed by atoms with van der Waals surface area (Å²) in [6.45, 7) is 5.82. The molecule has 0 bridgehead atoms. The van der Waals surface area contributed by atoms with Gasteiger partial charge in [-0.25, -0.2) is 5.01 Å². The van der Waals surface area contributed by atoms with Crippen molar-refractivity contribution < 1.29 is 13.2 Å². The van der Waals surface area contributed by atoms with Crippen molar-refractivity contribution in [1.82, 2.24) is 10.3 Å². The van der Waals surface area contributed by atoms with E-state index in [2.05, 4.69) is 14.8 Å². The second-order valence-electron chi connectivity index (χ2n) is 7.82. The highest BCUT2D eigenvalue weighted by atomic mass is 35.5. The van der Waals surface area contributed by atoms with Gasteiger partial charge in [-0.05, 0) is 39.0 Å². The maximum absolute atomic E-state index is 12.5. The van der Waals surface area contributed by atoms with Crippen LogP contribution in [0.1, 0.15) is 38.3 Å². The lowest BCUT2D eigenvalue weighted by Crippen LogP contribution is -2.42. The van der Waals surface area contributed by atoms with E-state index in [1.807, 2.05) is 26.8 Å². The SMILES string of the molecule is CC(C)(C)NC(=O)CCN(N=Cc1ccccc1Cl)C1=NS(=O)(=O)c2ccccc21. The number of hydrazone groups is 1. The van der Waals surface area contributed by atoms with Crippen molar-refractivity contribution >= 4 is 39.6 Å². The Hall–Kier alpha value is -2.71. The second kappa shape index (κ2) is 8.57. The number of hydrogen-bond acceptors (Lipinski definition) is 5. The quantitative estimate of drug-likeness (QED) is 0.562. The van der Waals surface area contributed by atoms with Gasteiger partial charge in [0.25, 0.3) is 10.0 Å². The summed E-state index contributed by atoms with van der Waals surface area (Å²) in [4.78, 5) is 12.4. The van der Waals surface area contributed by atoms with Gasteiger partial charge in [0.15, 0.2) is 5.84 Å². The summed E-state index contributed by atoms with van der Waals surface area (Å²) in [6.07, 6.45) is 1.64. The van der Waals surface area contributed by atoms with E-state index in [9.17, 15) is 13.2 Å². The maximum Gasteiger partial charge on any atom is 0.285 e. The normalized spacial score (nSPS) is 15.0. The molecule has 0 atom stereocenters. The highest BCUT2D eigenvalue weighted by Gasteiger charge is 2.32. The largest absolute Gasteiger partial charge is 0.351 e. The van der Waals surface area contributed by atoms with E-state index >= 15 is 0 Å². The molecule has 2 aromatic carbocycles. The number of fused-ring (bicyclic) bond motifs is 1. The number of hydrogen-bond donors (Lipinski definition) is 1. The predicted octanol–water partition coefficient (Wildman–Crippen LogP) is 3.43. The average Bonchev–Trinajstić information content (AvgIpc) is 2.93. The fourth-order valence-corrected chi connectivity index (χ4v) is 4.28.